The molecule has 108 valence electrons. The fourth-order valence-corrected chi connectivity index (χ4v) is 2.14. The maximum absolute atomic E-state index is 12.0. The highest BCUT2D eigenvalue weighted by Gasteiger charge is 2.04. The molecule has 0 spiro atoms. The molecule has 4 heteroatoms. The molecule has 0 atom stereocenters. The van der Waals surface area contributed by atoms with Gasteiger partial charge in [-0.2, -0.15) is 0 Å². The lowest BCUT2D eigenvalue weighted by atomic mass is 10.1. The summed E-state index contributed by atoms with van der Waals surface area (Å²) in [5.74, 6) is -0.0684. The zero-order valence-corrected chi connectivity index (χ0v) is 11.9. The minimum absolute atomic E-state index is 0.0684. The fourth-order valence-electron chi connectivity index (χ4n) is 2.14. The molecular formula is C18H15N3O. The van der Waals surface area contributed by atoms with Crippen LogP contribution >= 0.6 is 0 Å². The smallest absolute Gasteiger partial charge is 0.251 e. The molecule has 3 rings (SSSR count). The Labute approximate surface area is 128 Å². The number of amides is 1. The Bertz CT molecular complexity index is 740. The molecule has 1 N–H and O–H groups in total. The van der Waals surface area contributed by atoms with Gasteiger partial charge in [0.2, 0.25) is 0 Å². The number of nitrogens with zero attached hydrogens (tertiary/aromatic N) is 2. The monoisotopic (exact) mass is 289 g/mol. The van der Waals surface area contributed by atoms with E-state index in [-0.39, 0.29) is 5.91 Å². The van der Waals surface area contributed by atoms with Gasteiger partial charge in [-0.05, 0) is 23.3 Å². The van der Waals surface area contributed by atoms with Crippen LogP contribution in [0.15, 0.2) is 73.3 Å². The molecule has 0 aliphatic rings. The molecule has 1 heterocycles. The van der Waals surface area contributed by atoms with Gasteiger partial charge >= 0.3 is 0 Å². The predicted molar refractivity (Wildman–Crippen MR) is 85.1 cm³/mol. The van der Waals surface area contributed by atoms with Crippen molar-refractivity contribution in [3.05, 3.63) is 84.4 Å². The van der Waals surface area contributed by atoms with Crippen molar-refractivity contribution in [1.29, 1.82) is 0 Å². The first-order valence-corrected chi connectivity index (χ1v) is 7.00. The van der Waals surface area contributed by atoms with Gasteiger partial charge in [-0.15, -0.1) is 0 Å². The van der Waals surface area contributed by atoms with Crippen LogP contribution in [0.25, 0.3) is 11.1 Å². The molecule has 0 bridgehead atoms. The maximum Gasteiger partial charge on any atom is 0.251 e. The maximum atomic E-state index is 12.0. The van der Waals surface area contributed by atoms with E-state index in [1.54, 1.807) is 24.5 Å². The summed E-state index contributed by atoms with van der Waals surface area (Å²) >= 11 is 0. The SMILES string of the molecule is O=C(NCc1ccc(-c2cncnc2)cc1)c1ccccc1. The molecule has 0 aliphatic carbocycles. The Kier molecular flexibility index (Phi) is 4.20. The van der Waals surface area contributed by atoms with E-state index < -0.39 is 0 Å². The predicted octanol–water partition coefficient (Wildman–Crippen LogP) is 3.07. The number of aromatic nitrogens is 2. The van der Waals surface area contributed by atoms with Crippen LogP contribution in [-0.2, 0) is 6.54 Å². The third-order valence-corrected chi connectivity index (χ3v) is 3.34. The third kappa shape index (κ3) is 3.35. The van der Waals surface area contributed by atoms with E-state index in [9.17, 15) is 4.79 Å². The van der Waals surface area contributed by atoms with E-state index in [4.69, 9.17) is 0 Å². The van der Waals surface area contributed by atoms with Crippen molar-refractivity contribution in [2.45, 2.75) is 6.54 Å². The summed E-state index contributed by atoms with van der Waals surface area (Å²) in [5.41, 5.74) is 3.74. The Morgan fingerprint density at radius 2 is 1.55 bits per heavy atom. The van der Waals surface area contributed by atoms with Crippen molar-refractivity contribution >= 4 is 5.91 Å². The van der Waals surface area contributed by atoms with Crippen molar-refractivity contribution in [3.63, 3.8) is 0 Å². The molecule has 22 heavy (non-hydrogen) atoms. The number of nitrogens with one attached hydrogen (secondary N) is 1. The summed E-state index contributed by atoms with van der Waals surface area (Å²) in [4.78, 5) is 20.0. The number of hydrogen-bond donors (Lipinski definition) is 1. The highest BCUT2D eigenvalue weighted by atomic mass is 16.1. The lowest BCUT2D eigenvalue weighted by molar-refractivity contribution is 0.0951. The molecular weight excluding hydrogens is 274 g/mol. The molecule has 0 saturated heterocycles. The number of rotatable bonds is 4. The lowest BCUT2D eigenvalue weighted by Crippen LogP contribution is -2.22. The van der Waals surface area contributed by atoms with Gasteiger partial charge in [0.15, 0.2) is 0 Å². The Morgan fingerprint density at radius 1 is 0.864 bits per heavy atom. The third-order valence-electron chi connectivity index (χ3n) is 3.34. The second-order valence-corrected chi connectivity index (χ2v) is 4.87. The van der Waals surface area contributed by atoms with E-state index in [0.29, 0.717) is 12.1 Å². The molecule has 1 amide bonds. The molecule has 0 radical (unpaired) electrons. The standard InChI is InChI=1S/C18H15N3O/c22-18(16-4-2-1-3-5-16)21-10-14-6-8-15(9-7-14)17-11-19-13-20-12-17/h1-9,11-13H,10H2,(H,21,22). The van der Waals surface area contributed by atoms with Gasteiger partial charge < -0.3 is 5.32 Å². The Morgan fingerprint density at radius 3 is 2.23 bits per heavy atom. The first-order valence-electron chi connectivity index (χ1n) is 7.00. The fraction of sp³-hybridized carbons (Fsp3) is 0.0556. The Balaban J connectivity index is 1.63. The zero-order valence-electron chi connectivity index (χ0n) is 11.9. The van der Waals surface area contributed by atoms with Gasteiger partial charge in [-0.3, -0.25) is 4.79 Å². The number of hydrogen-bond acceptors (Lipinski definition) is 3. The number of carbonyl (C=O) groups is 1. The summed E-state index contributed by atoms with van der Waals surface area (Å²) in [5, 5.41) is 2.91. The highest BCUT2D eigenvalue weighted by molar-refractivity contribution is 5.94. The molecule has 0 saturated carbocycles. The molecule has 1 aromatic heterocycles. The topological polar surface area (TPSA) is 54.9 Å². The van der Waals surface area contributed by atoms with Crippen LogP contribution in [-0.4, -0.2) is 15.9 Å². The summed E-state index contributed by atoms with van der Waals surface area (Å²) in [6.45, 7) is 0.499. The van der Waals surface area contributed by atoms with E-state index >= 15 is 0 Å². The van der Waals surface area contributed by atoms with Crippen molar-refractivity contribution in [2.24, 2.45) is 0 Å². The quantitative estimate of drug-likeness (QED) is 0.803. The van der Waals surface area contributed by atoms with Crippen LogP contribution in [0.5, 0.6) is 0 Å². The normalized spacial score (nSPS) is 10.2. The van der Waals surface area contributed by atoms with E-state index in [2.05, 4.69) is 15.3 Å². The van der Waals surface area contributed by atoms with Gasteiger partial charge in [0.1, 0.15) is 6.33 Å². The summed E-state index contributed by atoms with van der Waals surface area (Å²) in [6.07, 6.45) is 5.06. The molecule has 3 aromatic rings. The summed E-state index contributed by atoms with van der Waals surface area (Å²) in [6, 6.07) is 17.2. The largest absolute Gasteiger partial charge is 0.348 e. The first-order chi connectivity index (χ1) is 10.8. The van der Waals surface area contributed by atoms with Gasteiger partial charge in [-0.25, -0.2) is 9.97 Å². The van der Waals surface area contributed by atoms with Crippen LogP contribution in [0.3, 0.4) is 0 Å². The minimum Gasteiger partial charge on any atom is -0.348 e. The van der Waals surface area contributed by atoms with Crippen molar-refractivity contribution in [3.8, 4) is 11.1 Å². The van der Waals surface area contributed by atoms with Crippen LogP contribution in [0.1, 0.15) is 15.9 Å². The van der Waals surface area contributed by atoms with Crippen molar-refractivity contribution in [2.75, 3.05) is 0 Å². The van der Waals surface area contributed by atoms with Crippen LogP contribution in [0, 0.1) is 0 Å². The molecule has 0 unspecified atom stereocenters. The summed E-state index contributed by atoms with van der Waals surface area (Å²) in [7, 11) is 0. The molecule has 0 fully saturated rings. The van der Waals surface area contributed by atoms with Gasteiger partial charge in [0.05, 0.1) is 0 Å². The van der Waals surface area contributed by atoms with Crippen molar-refractivity contribution < 1.29 is 4.79 Å². The average molecular weight is 289 g/mol. The van der Waals surface area contributed by atoms with Crippen LogP contribution < -0.4 is 5.32 Å². The Hall–Kier alpha value is -3.01. The van der Waals surface area contributed by atoms with E-state index in [1.165, 1.54) is 6.33 Å². The lowest BCUT2D eigenvalue weighted by Gasteiger charge is -2.06. The number of carbonyl (C=O) groups excluding carboxylic acids is 1. The van der Waals surface area contributed by atoms with Gasteiger partial charge in [0.25, 0.3) is 5.91 Å². The summed E-state index contributed by atoms with van der Waals surface area (Å²) < 4.78 is 0. The molecule has 2 aromatic carbocycles. The average Bonchev–Trinajstić information content (AvgIpc) is 2.61. The van der Waals surface area contributed by atoms with Crippen LogP contribution in [0.2, 0.25) is 0 Å². The van der Waals surface area contributed by atoms with E-state index in [0.717, 1.165) is 16.7 Å². The second kappa shape index (κ2) is 6.63. The van der Waals surface area contributed by atoms with Gasteiger partial charge in [0, 0.05) is 30.1 Å². The first kappa shape index (κ1) is 13.9. The van der Waals surface area contributed by atoms with Crippen molar-refractivity contribution in [1.82, 2.24) is 15.3 Å². The second-order valence-electron chi connectivity index (χ2n) is 4.87. The van der Waals surface area contributed by atoms with Crippen LogP contribution in [0.4, 0.5) is 0 Å². The minimum atomic E-state index is -0.0684. The van der Waals surface area contributed by atoms with E-state index in [1.807, 2.05) is 42.5 Å². The highest BCUT2D eigenvalue weighted by Crippen LogP contribution is 2.17. The number of benzene rings is 2. The molecule has 4 nitrogen and oxygen atoms in total. The zero-order chi connectivity index (χ0) is 15.2. The molecule has 0 aliphatic heterocycles. The van der Waals surface area contributed by atoms with Gasteiger partial charge in [-0.1, -0.05) is 42.5 Å².